The van der Waals surface area contributed by atoms with Crippen LogP contribution in [0.2, 0.25) is 0 Å². The number of aliphatic hydroxyl groups is 1. The molecule has 1 aromatic rings. The number of fused-ring (bicyclic) bond motifs is 2. The van der Waals surface area contributed by atoms with E-state index in [-0.39, 0.29) is 0 Å². The highest BCUT2D eigenvalue weighted by atomic mass is 19.4. The van der Waals surface area contributed by atoms with Crippen LogP contribution in [0.3, 0.4) is 0 Å². The number of halogens is 3. The summed E-state index contributed by atoms with van der Waals surface area (Å²) in [7, 11) is 0. The SMILES string of the molecule is OC1(CCc2cccc(C(F)(F)F)c2)CC2CCC(C1)N2. The lowest BCUT2D eigenvalue weighted by Gasteiger charge is -2.37. The van der Waals surface area contributed by atoms with Crippen molar-refractivity contribution in [3.63, 3.8) is 0 Å². The van der Waals surface area contributed by atoms with E-state index < -0.39 is 17.3 Å². The summed E-state index contributed by atoms with van der Waals surface area (Å²) in [5.41, 5.74) is -0.702. The predicted molar refractivity (Wildman–Crippen MR) is 73.9 cm³/mol. The molecule has 2 aliphatic rings. The first-order valence-corrected chi connectivity index (χ1v) is 7.49. The highest BCUT2D eigenvalue weighted by Gasteiger charge is 2.42. The summed E-state index contributed by atoms with van der Waals surface area (Å²) in [6, 6.07) is 6.16. The monoisotopic (exact) mass is 299 g/mol. The van der Waals surface area contributed by atoms with Crippen molar-refractivity contribution in [1.82, 2.24) is 5.32 Å². The van der Waals surface area contributed by atoms with Gasteiger partial charge in [0.1, 0.15) is 0 Å². The van der Waals surface area contributed by atoms with Crippen molar-refractivity contribution in [3.8, 4) is 0 Å². The maximum Gasteiger partial charge on any atom is 0.416 e. The molecule has 0 radical (unpaired) electrons. The van der Waals surface area contributed by atoms with E-state index in [4.69, 9.17) is 0 Å². The Kier molecular flexibility index (Phi) is 3.74. The van der Waals surface area contributed by atoms with Gasteiger partial charge in [0.2, 0.25) is 0 Å². The quantitative estimate of drug-likeness (QED) is 0.897. The Bertz CT molecular complexity index is 502. The minimum Gasteiger partial charge on any atom is -0.390 e. The van der Waals surface area contributed by atoms with Gasteiger partial charge in [-0.3, -0.25) is 0 Å². The van der Waals surface area contributed by atoms with Gasteiger partial charge in [-0.15, -0.1) is 0 Å². The fraction of sp³-hybridized carbons (Fsp3) is 0.625. The molecule has 21 heavy (non-hydrogen) atoms. The fourth-order valence-electron chi connectivity index (χ4n) is 3.71. The molecule has 2 N–H and O–H groups in total. The van der Waals surface area contributed by atoms with Crippen LogP contribution in [0.4, 0.5) is 13.2 Å². The van der Waals surface area contributed by atoms with E-state index in [0.29, 0.717) is 43.3 Å². The number of hydrogen-bond donors (Lipinski definition) is 2. The minimum atomic E-state index is -4.30. The molecule has 1 aromatic carbocycles. The molecule has 0 spiro atoms. The van der Waals surface area contributed by atoms with Crippen LogP contribution in [0.15, 0.2) is 24.3 Å². The number of aryl methyl sites for hydroxylation is 1. The lowest BCUT2D eigenvalue weighted by molar-refractivity contribution is -0.137. The Morgan fingerprint density at radius 1 is 1.19 bits per heavy atom. The van der Waals surface area contributed by atoms with Crippen LogP contribution in [-0.4, -0.2) is 22.8 Å². The summed E-state index contributed by atoms with van der Waals surface area (Å²) in [5.74, 6) is 0. The molecule has 5 heteroatoms. The van der Waals surface area contributed by atoms with Gasteiger partial charge in [0, 0.05) is 12.1 Å². The van der Waals surface area contributed by atoms with Crippen LogP contribution < -0.4 is 5.32 Å². The largest absolute Gasteiger partial charge is 0.416 e. The van der Waals surface area contributed by atoms with Crippen LogP contribution in [0.5, 0.6) is 0 Å². The molecule has 0 amide bonds. The summed E-state index contributed by atoms with van der Waals surface area (Å²) in [4.78, 5) is 0. The lowest BCUT2D eigenvalue weighted by Crippen LogP contribution is -2.48. The first kappa shape index (κ1) is 14.9. The summed E-state index contributed by atoms with van der Waals surface area (Å²) in [6.07, 6.45) is 0.321. The molecule has 0 aliphatic carbocycles. The topological polar surface area (TPSA) is 32.3 Å². The summed E-state index contributed by atoms with van der Waals surface area (Å²) in [5, 5.41) is 14.1. The van der Waals surface area contributed by atoms with Crippen molar-refractivity contribution in [2.75, 3.05) is 0 Å². The van der Waals surface area contributed by atoms with Crippen LogP contribution >= 0.6 is 0 Å². The number of alkyl halides is 3. The third-order valence-corrected chi connectivity index (χ3v) is 4.72. The zero-order valence-corrected chi connectivity index (χ0v) is 11.8. The summed E-state index contributed by atoms with van der Waals surface area (Å²) in [6.45, 7) is 0. The van der Waals surface area contributed by atoms with Crippen LogP contribution in [0.1, 0.15) is 43.2 Å². The number of piperidine rings is 1. The van der Waals surface area contributed by atoms with Crippen molar-refractivity contribution >= 4 is 0 Å². The number of nitrogens with one attached hydrogen (secondary N) is 1. The molecular weight excluding hydrogens is 279 g/mol. The van der Waals surface area contributed by atoms with Crippen LogP contribution in [0, 0.1) is 0 Å². The maximum atomic E-state index is 12.7. The predicted octanol–water partition coefficient (Wildman–Crippen LogP) is 3.28. The molecule has 2 bridgehead atoms. The second-order valence-electron chi connectivity index (χ2n) is 6.47. The van der Waals surface area contributed by atoms with Crippen molar-refractivity contribution in [2.24, 2.45) is 0 Å². The Labute approximate surface area is 122 Å². The Morgan fingerprint density at radius 2 is 1.86 bits per heavy atom. The molecule has 2 aliphatic heterocycles. The standard InChI is InChI=1S/C16H20F3NO/c17-16(18,19)12-3-1-2-11(8-12)6-7-15(21)9-13-4-5-14(10-15)20-13/h1-3,8,13-14,20-21H,4-7,9-10H2. The van der Waals surface area contributed by atoms with Gasteiger partial charge in [-0.1, -0.05) is 18.2 Å². The van der Waals surface area contributed by atoms with Crippen molar-refractivity contribution in [3.05, 3.63) is 35.4 Å². The van der Waals surface area contributed by atoms with Gasteiger partial charge >= 0.3 is 6.18 Å². The lowest BCUT2D eigenvalue weighted by atomic mass is 9.83. The van der Waals surface area contributed by atoms with E-state index in [1.807, 2.05) is 0 Å². The second kappa shape index (κ2) is 5.29. The maximum absolute atomic E-state index is 12.7. The number of hydrogen-bond acceptors (Lipinski definition) is 2. The Balaban J connectivity index is 1.65. The molecule has 2 atom stereocenters. The Morgan fingerprint density at radius 3 is 2.48 bits per heavy atom. The highest BCUT2D eigenvalue weighted by Crippen LogP contribution is 2.37. The van der Waals surface area contributed by atoms with Crippen molar-refractivity contribution in [2.45, 2.75) is 62.4 Å². The van der Waals surface area contributed by atoms with Gasteiger partial charge in [-0.25, -0.2) is 0 Å². The van der Waals surface area contributed by atoms with Gasteiger partial charge in [0.15, 0.2) is 0 Å². The van der Waals surface area contributed by atoms with E-state index in [9.17, 15) is 18.3 Å². The zero-order valence-electron chi connectivity index (χ0n) is 11.8. The van der Waals surface area contributed by atoms with Crippen LogP contribution in [-0.2, 0) is 12.6 Å². The van der Waals surface area contributed by atoms with E-state index in [1.54, 1.807) is 6.07 Å². The van der Waals surface area contributed by atoms with Gasteiger partial charge in [0.25, 0.3) is 0 Å². The molecule has 3 rings (SSSR count). The van der Waals surface area contributed by atoms with Crippen LogP contribution in [0.25, 0.3) is 0 Å². The molecule has 116 valence electrons. The fourth-order valence-corrected chi connectivity index (χ4v) is 3.71. The van der Waals surface area contributed by atoms with Crippen molar-refractivity contribution < 1.29 is 18.3 Å². The van der Waals surface area contributed by atoms with E-state index >= 15 is 0 Å². The average Bonchev–Trinajstić information content (AvgIpc) is 2.76. The normalized spacial score (nSPS) is 32.4. The van der Waals surface area contributed by atoms with Gasteiger partial charge in [-0.05, 0) is 50.2 Å². The van der Waals surface area contributed by atoms with E-state index in [2.05, 4.69) is 5.32 Å². The minimum absolute atomic E-state index is 0.371. The third-order valence-electron chi connectivity index (χ3n) is 4.72. The van der Waals surface area contributed by atoms with Gasteiger partial charge in [-0.2, -0.15) is 13.2 Å². The van der Waals surface area contributed by atoms with E-state index in [0.717, 1.165) is 18.9 Å². The van der Waals surface area contributed by atoms with E-state index in [1.165, 1.54) is 12.1 Å². The molecule has 2 fully saturated rings. The van der Waals surface area contributed by atoms with Gasteiger partial charge < -0.3 is 10.4 Å². The molecule has 2 nitrogen and oxygen atoms in total. The molecule has 2 heterocycles. The molecule has 2 unspecified atom stereocenters. The first-order chi connectivity index (χ1) is 9.84. The zero-order chi connectivity index (χ0) is 15.1. The smallest absolute Gasteiger partial charge is 0.390 e. The highest BCUT2D eigenvalue weighted by molar-refractivity contribution is 5.26. The molecule has 0 saturated carbocycles. The summed E-state index contributed by atoms with van der Waals surface area (Å²) >= 11 is 0. The van der Waals surface area contributed by atoms with Crippen molar-refractivity contribution in [1.29, 1.82) is 0 Å². The Hall–Kier alpha value is -1.07. The molecule has 0 aromatic heterocycles. The summed E-state index contributed by atoms with van der Waals surface area (Å²) < 4.78 is 38.1. The second-order valence-corrected chi connectivity index (χ2v) is 6.47. The van der Waals surface area contributed by atoms with Gasteiger partial charge in [0.05, 0.1) is 11.2 Å². The first-order valence-electron chi connectivity index (χ1n) is 7.49. The molecular formula is C16H20F3NO. The number of benzene rings is 1. The third kappa shape index (κ3) is 3.40. The number of rotatable bonds is 3. The molecule has 2 saturated heterocycles. The average molecular weight is 299 g/mol.